The summed E-state index contributed by atoms with van der Waals surface area (Å²) in [6, 6.07) is 15.3. The maximum absolute atomic E-state index is 12.1. The molecule has 1 heterocycles. The van der Waals surface area contributed by atoms with Gasteiger partial charge in [0.15, 0.2) is 0 Å². The quantitative estimate of drug-likeness (QED) is 0.741. The van der Waals surface area contributed by atoms with E-state index in [1.54, 1.807) is 18.4 Å². The zero-order chi connectivity index (χ0) is 17.9. The minimum absolute atomic E-state index is 0.0800. The van der Waals surface area contributed by atoms with E-state index in [2.05, 4.69) is 11.4 Å². The van der Waals surface area contributed by atoms with Gasteiger partial charge >= 0.3 is 0 Å². The van der Waals surface area contributed by atoms with Crippen molar-refractivity contribution in [3.63, 3.8) is 0 Å². The molecule has 0 fully saturated rings. The number of benzene rings is 2. The molecular formula is C21H23NO3. The zero-order valence-electron chi connectivity index (χ0n) is 14.8. The molecule has 130 valence electrons. The van der Waals surface area contributed by atoms with Crippen molar-refractivity contribution in [3.05, 3.63) is 65.9 Å². The van der Waals surface area contributed by atoms with E-state index in [0.717, 1.165) is 28.7 Å². The molecule has 0 radical (unpaired) electrons. The van der Waals surface area contributed by atoms with Gasteiger partial charge in [-0.3, -0.25) is 4.79 Å². The number of furan rings is 1. The third-order valence-corrected chi connectivity index (χ3v) is 3.81. The third-order valence-electron chi connectivity index (χ3n) is 3.81. The van der Waals surface area contributed by atoms with Crippen LogP contribution in [0.15, 0.2) is 59.2 Å². The SMILES string of the molecule is CC(C)(C)NC(=O)c1ccc(OCCc2cccc3ccoc23)cc1. The van der Waals surface area contributed by atoms with E-state index in [0.29, 0.717) is 12.2 Å². The van der Waals surface area contributed by atoms with E-state index in [1.165, 1.54) is 0 Å². The molecule has 25 heavy (non-hydrogen) atoms. The molecule has 4 nitrogen and oxygen atoms in total. The number of rotatable bonds is 5. The Morgan fingerprint density at radius 1 is 1.08 bits per heavy atom. The minimum atomic E-state index is -0.251. The molecule has 0 bridgehead atoms. The number of para-hydroxylation sites is 1. The van der Waals surface area contributed by atoms with Gasteiger partial charge in [-0.15, -0.1) is 0 Å². The fourth-order valence-corrected chi connectivity index (χ4v) is 2.65. The van der Waals surface area contributed by atoms with Crippen molar-refractivity contribution in [2.24, 2.45) is 0 Å². The molecule has 0 aliphatic rings. The molecule has 0 aliphatic heterocycles. The second kappa shape index (κ2) is 7.01. The van der Waals surface area contributed by atoms with Gasteiger partial charge in [0.2, 0.25) is 0 Å². The van der Waals surface area contributed by atoms with Crippen LogP contribution in [0.5, 0.6) is 5.75 Å². The largest absolute Gasteiger partial charge is 0.493 e. The van der Waals surface area contributed by atoms with E-state index in [9.17, 15) is 4.79 Å². The second-order valence-electron chi connectivity index (χ2n) is 7.08. The topological polar surface area (TPSA) is 51.5 Å². The number of ether oxygens (including phenoxy) is 1. The van der Waals surface area contributed by atoms with Crippen molar-refractivity contribution in [3.8, 4) is 5.75 Å². The first-order valence-corrected chi connectivity index (χ1v) is 8.43. The monoisotopic (exact) mass is 337 g/mol. The Labute approximate surface area is 147 Å². The predicted molar refractivity (Wildman–Crippen MR) is 99.1 cm³/mol. The molecule has 0 aliphatic carbocycles. The predicted octanol–water partition coefficient (Wildman–Crippen LogP) is 4.58. The Hall–Kier alpha value is -2.75. The summed E-state index contributed by atoms with van der Waals surface area (Å²) in [5, 5.41) is 4.05. The molecule has 0 saturated heterocycles. The molecule has 0 spiro atoms. The molecule has 0 saturated carbocycles. The maximum Gasteiger partial charge on any atom is 0.251 e. The van der Waals surface area contributed by atoms with Crippen molar-refractivity contribution in [1.82, 2.24) is 5.32 Å². The van der Waals surface area contributed by atoms with Gasteiger partial charge in [-0.2, -0.15) is 0 Å². The lowest BCUT2D eigenvalue weighted by Gasteiger charge is -2.20. The molecule has 4 heteroatoms. The minimum Gasteiger partial charge on any atom is -0.493 e. The van der Waals surface area contributed by atoms with E-state index < -0.39 is 0 Å². The van der Waals surface area contributed by atoms with Gasteiger partial charge in [0.25, 0.3) is 5.91 Å². The fraction of sp³-hybridized carbons (Fsp3) is 0.286. The van der Waals surface area contributed by atoms with Crippen LogP contribution in [-0.4, -0.2) is 18.1 Å². The van der Waals surface area contributed by atoms with E-state index in [4.69, 9.17) is 9.15 Å². The van der Waals surface area contributed by atoms with Crippen LogP contribution < -0.4 is 10.1 Å². The van der Waals surface area contributed by atoms with Gasteiger partial charge in [0, 0.05) is 22.9 Å². The molecule has 3 rings (SSSR count). The van der Waals surface area contributed by atoms with Crippen LogP contribution in [0, 0.1) is 0 Å². The molecule has 1 amide bonds. The fourth-order valence-electron chi connectivity index (χ4n) is 2.65. The van der Waals surface area contributed by atoms with Crippen molar-refractivity contribution in [2.45, 2.75) is 32.7 Å². The number of hydrogen-bond acceptors (Lipinski definition) is 3. The number of carbonyl (C=O) groups excluding carboxylic acids is 1. The van der Waals surface area contributed by atoms with Gasteiger partial charge in [-0.05, 0) is 56.7 Å². The highest BCUT2D eigenvalue weighted by Gasteiger charge is 2.15. The molecular weight excluding hydrogens is 314 g/mol. The molecule has 3 aromatic rings. The lowest BCUT2D eigenvalue weighted by atomic mass is 10.1. The van der Waals surface area contributed by atoms with Crippen LogP contribution in [-0.2, 0) is 6.42 Å². The van der Waals surface area contributed by atoms with Gasteiger partial charge in [0.1, 0.15) is 11.3 Å². The van der Waals surface area contributed by atoms with Crippen molar-refractivity contribution in [2.75, 3.05) is 6.61 Å². The van der Waals surface area contributed by atoms with Crippen LogP contribution in [0.4, 0.5) is 0 Å². The number of nitrogens with one attached hydrogen (secondary N) is 1. The molecule has 1 aromatic heterocycles. The average molecular weight is 337 g/mol. The molecule has 0 atom stereocenters. The maximum atomic E-state index is 12.1. The van der Waals surface area contributed by atoms with Crippen LogP contribution >= 0.6 is 0 Å². The first-order chi connectivity index (χ1) is 11.9. The van der Waals surface area contributed by atoms with Gasteiger partial charge in [-0.1, -0.05) is 18.2 Å². The van der Waals surface area contributed by atoms with E-state index in [1.807, 2.05) is 51.1 Å². The van der Waals surface area contributed by atoms with Gasteiger partial charge < -0.3 is 14.5 Å². The number of carbonyl (C=O) groups is 1. The Bertz CT molecular complexity index is 857. The highest BCUT2D eigenvalue weighted by atomic mass is 16.5. The Balaban J connectivity index is 1.57. The van der Waals surface area contributed by atoms with Crippen LogP contribution in [0.2, 0.25) is 0 Å². The highest BCUT2D eigenvalue weighted by Crippen LogP contribution is 2.21. The van der Waals surface area contributed by atoms with E-state index in [-0.39, 0.29) is 11.4 Å². The highest BCUT2D eigenvalue weighted by molar-refractivity contribution is 5.94. The van der Waals surface area contributed by atoms with Crippen molar-refractivity contribution >= 4 is 16.9 Å². The Morgan fingerprint density at radius 3 is 2.56 bits per heavy atom. The molecule has 0 unspecified atom stereocenters. The first-order valence-electron chi connectivity index (χ1n) is 8.43. The summed E-state index contributed by atoms with van der Waals surface area (Å²) < 4.78 is 11.3. The van der Waals surface area contributed by atoms with Crippen LogP contribution in [0.3, 0.4) is 0 Å². The number of hydrogen-bond donors (Lipinski definition) is 1. The van der Waals surface area contributed by atoms with E-state index >= 15 is 0 Å². The smallest absolute Gasteiger partial charge is 0.251 e. The lowest BCUT2D eigenvalue weighted by molar-refractivity contribution is 0.0919. The normalized spacial score (nSPS) is 11.5. The summed E-state index contributed by atoms with van der Waals surface area (Å²) in [5.74, 6) is 0.669. The van der Waals surface area contributed by atoms with Gasteiger partial charge in [0.05, 0.1) is 12.9 Å². The summed E-state index contributed by atoms with van der Waals surface area (Å²) >= 11 is 0. The first kappa shape index (κ1) is 17.1. The summed E-state index contributed by atoms with van der Waals surface area (Å²) in [6.45, 7) is 6.43. The number of amides is 1. The van der Waals surface area contributed by atoms with Crippen LogP contribution in [0.1, 0.15) is 36.7 Å². The van der Waals surface area contributed by atoms with Crippen LogP contribution in [0.25, 0.3) is 11.0 Å². The van der Waals surface area contributed by atoms with Crippen molar-refractivity contribution in [1.29, 1.82) is 0 Å². The molecule has 1 N–H and O–H groups in total. The Morgan fingerprint density at radius 2 is 1.84 bits per heavy atom. The number of fused-ring (bicyclic) bond motifs is 1. The summed E-state index contributed by atoms with van der Waals surface area (Å²) in [4.78, 5) is 12.1. The summed E-state index contributed by atoms with van der Waals surface area (Å²) in [7, 11) is 0. The second-order valence-corrected chi connectivity index (χ2v) is 7.08. The summed E-state index contributed by atoms with van der Waals surface area (Å²) in [5.41, 5.74) is 2.42. The zero-order valence-corrected chi connectivity index (χ0v) is 14.8. The summed E-state index contributed by atoms with van der Waals surface area (Å²) in [6.07, 6.45) is 2.47. The third kappa shape index (κ3) is 4.41. The van der Waals surface area contributed by atoms with Crippen molar-refractivity contribution < 1.29 is 13.9 Å². The van der Waals surface area contributed by atoms with Gasteiger partial charge in [-0.25, -0.2) is 0 Å². The average Bonchev–Trinajstić information content (AvgIpc) is 3.03. The lowest BCUT2D eigenvalue weighted by Crippen LogP contribution is -2.40. The molecule has 2 aromatic carbocycles. The Kier molecular flexibility index (Phi) is 4.79. The standard InChI is InChI=1S/C21H23NO3/c1-21(2,3)22-20(23)17-7-9-18(10-8-17)24-13-11-15-5-4-6-16-12-14-25-19(15)16/h4-10,12,14H,11,13H2,1-3H3,(H,22,23).